The first kappa shape index (κ1) is 5.66. The van der Waals surface area contributed by atoms with Crippen molar-refractivity contribution in [3.63, 3.8) is 0 Å². The smallest absolute Gasteiger partial charge is 0.107 e. The van der Waals surface area contributed by atoms with Crippen molar-refractivity contribution >= 4 is 17.1 Å². The number of rotatable bonds is 0. The summed E-state index contributed by atoms with van der Waals surface area (Å²) in [5.74, 6) is 0. The summed E-state index contributed by atoms with van der Waals surface area (Å²) in [6.45, 7) is 0. The lowest BCUT2D eigenvalue weighted by atomic mass is 10.1. The molecule has 1 aliphatic carbocycles. The Morgan fingerprint density at radius 1 is 1.50 bits per heavy atom. The maximum absolute atomic E-state index is 8.90. The summed E-state index contributed by atoms with van der Waals surface area (Å²) in [6, 6.07) is 0. The van der Waals surface area contributed by atoms with Gasteiger partial charge in [-0.2, -0.15) is 0 Å². The highest BCUT2D eigenvalue weighted by Gasteiger charge is 2.03. The molecule has 0 saturated carbocycles. The van der Waals surface area contributed by atoms with E-state index in [2.05, 4.69) is 0 Å². The van der Waals surface area contributed by atoms with Crippen LogP contribution in [-0.4, -0.2) is 16.1 Å². The van der Waals surface area contributed by atoms with E-state index in [0.29, 0.717) is 4.86 Å². The minimum absolute atomic E-state index is 0.532. The van der Waals surface area contributed by atoms with E-state index in [0.717, 1.165) is 0 Å². The third-order valence-electron chi connectivity index (χ3n) is 0.957. The van der Waals surface area contributed by atoms with Gasteiger partial charge in [0.2, 0.25) is 0 Å². The van der Waals surface area contributed by atoms with Gasteiger partial charge in [0.05, 0.1) is 0 Å². The normalized spacial score (nSPS) is 26.6. The Hall–Kier alpha value is -0.470. The molecule has 0 aromatic carbocycles. The molecule has 1 atom stereocenters. The summed E-state index contributed by atoms with van der Waals surface area (Å²) in [6.07, 6.45) is 6.44. The van der Waals surface area contributed by atoms with Gasteiger partial charge in [-0.1, -0.05) is 30.4 Å². The molecule has 0 saturated heterocycles. The Morgan fingerprint density at radius 2 is 2.25 bits per heavy atom. The molecule has 2 heteroatoms. The van der Waals surface area contributed by atoms with Gasteiger partial charge in [0.25, 0.3) is 0 Å². The quantitative estimate of drug-likeness (QED) is 0.485. The number of hydrogen-bond acceptors (Lipinski definition) is 2. The number of thiocarbonyl (C=S) groups is 1. The molecule has 0 aliphatic heterocycles. The van der Waals surface area contributed by atoms with Crippen molar-refractivity contribution < 1.29 is 5.11 Å². The summed E-state index contributed by atoms with van der Waals surface area (Å²) < 4.78 is 0. The molecule has 0 aromatic heterocycles. The summed E-state index contributed by atoms with van der Waals surface area (Å²) >= 11 is 4.74. The lowest BCUT2D eigenvalue weighted by Crippen LogP contribution is -2.14. The second-order valence-corrected chi connectivity index (χ2v) is 2.06. The molecule has 1 rings (SSSR count). The van der Waals surface area contributed by atoms with Crippen LogP contribution in [0.15, 0.2) is 24.3 Å². The number of allylic oxidation sites excluding steroid dienone is 2. The average molecular weight is 126 g/mol. The van der Waals surface area contributed by atoms with Crippen LogP contribution in [0, 0.1) is 0 Å². The molecule has 8 heavy (non-hydrogen) atoms. The molecule has 0 aromatic rings. The molecule has 1 N–H and O–H groups in total. The van der Waals surface area contributed by atoms with Crippen LogP contribution >= 0.6 is 12.2 Å². The van der Waals surface area contributed by atoms with Gasteiger partial charge >= 0.3 is 0 Å². The fourth-order valence-electron chi connectivity index (χ4n) is 0.513. The van der Waals surface area contributed by atoms with Crippen LogP contribution in [0.1, 0.15) is 0 Å². The van der Waals surface area contributed by atoms with Crippen LogP contribution in [0.25, 0.3) is 0 Å². The largest absolute Gasteiger partial charge is 0.383 e. The van der Waals surface area contributed by atoms with Crippen LogP contribution in [0.3, 0.4) is 0 Å². The van der Waals surface area contributed by atoms with Crippen LogP contribution in [0.4, 0.5) is 0 Å². The average Bonchev–Trinajstić information content (AvgIpc) is 1.77. The summed E-state index contributed by atoms with van der Waals surface area (Å²) in [7, 11) is 0. The minimum atomic E-state index is -0.532. The Bertz CT molecular complexity index is 158. The molecule has 1 aliphatic rings. The predicted molar refractivity (Wildman–Crippen MR) is 36.9 cm³/mol. The zero-order chi connectivity index (χ0) is 5.98. The van der Waals surface area contributed by atoms with E-state index in [1.54, 1.807) is 18.2 Å². The fourth-order valence-corrected chi connectivity index (χ4v) is 0.670. The van der Waals surface area contributed by atoms with E-state index in [9.17, 15) is 0 Å². The first-order chi connectivity index (χ1) is 3.80. The van der Waals surface area contributed by atoms with Gasteiger partial charge in [-0.15, -0.1) is 0 Å². The van der Waals surface area contributed by atoms with Gasteiger partial charge < -0.3 is 5.11 Å². The highest BCUT2D eigenvalue weighted by molar-refractivity contribution is 7.80. The van der Waals surface area contributed by atoms with Crippen molar-refractivity contribution in [2.45, 2.75) is 6.10 Å². The molecule has 0 amide bonds. The molecule has 0 heterocycles. The van der Waals surface area contributed by atoms with E-state index in [1.165, 1.54) is 0 Å². The topological polar surface area (TPSA) is 20.2 Å². The second-order valence-electron chi connectivity index (χ2n) is 1.59. The second kappa shape index (κ2) is 2.20. The maximum atomic E-state index is 8.90. The third kappa shape index (κ3) is 1.02. The van der Waals surface area contributed by atoms with Crippen LogP contribution in [0.5, 0.6) is 0 Å². The van der Waals surface area contributed by atoms with Crippen LogP contribution in [-0.2, 0) is 0 Å². The maximum Gasteiger partial charge on any atom is 0.107 e. The van der Waals surface area contributed by atoms with E-state index in [4.69, 9.17) is 17.3 Å². The van der Waals surface area contributed by atoms with Crippen molar-refractivity contribution in [2.75, 3.05) is 0 Å². The molecule has 42 valence electrons. The molecule has 0 spiro atoms. The first-order valence-corrected chi connectivity index (χ1v) is 2.78. The van der Waals surface area contributed by atoms with Crippen molar-refractivity contribution in [3.8, 4) is 0 Å². The van der Waals surface area contributed by atoms with E-state index in [1.807, 2.05) is 6.08 Å². The highest BCUT2D eigenvalue weighted by atomic mass is 32.1. The van der Waals surface area contributed by atoms with Gasteiger partial charge in [-0.3, -0.25) is 0 Å². The molecule has 1 nitrogen and oxygen atoms in total. The molecular weight excluding hydrogens is 120 g/mol. The van der Waals surface area contributed by atoms with Gasteiger partial charge in [0, 0.05) is 4.86 Å². The summed E-state index contributed by atoms with van der Waals surface area (Å²) in [5, 5.41) is 8.90. The molecule has 1 unspecified atom stereocenters. The fraction of sp³-hybridized carbons (Fsp3) is 0.167. The zero-order valence-electron chi connectivity index (χ0n) is 4.24. The molecular formula is C6H6OS. The minimum Gasteiger partial charge on any atom is -0.383 e. The Balaban J connectivity index is 2.74. The van der Waals surface area contributed by atoms with Crippen molar-refractivity contribution in [1.82, 2.24) is 0 Å². The first-order valence-electron chi connectivity index (χ1n) is 2.37. The van der Waals surface area contributed by atoms with Crippen molar-refractivity contribution in [1.29, 1.82) is 0 Å². The monoisotopic (exact) mass is 126 g/mol. The summed E-state index contributed by atoms with van der Waals surface area (Å²) in [4.78, 5) is 0.590. The number of hydrogen-bond donors (Lipinski definition) is 1. The number of aliphatic hydroxyl groups excluding tert-OH is 1. The standard InChI is InChI=1S/C6H6OS/c7-5-3-1-2-4-6(5)8/h1-5,7H. The lowest BCUT2D eigenvalue weighted by Gasteiger charge is -2.04. The van der Waals surface area contributed by atoms with E-state index >= 15 is 0 Å². The summed E-state index contributed by atoms with van der Waals surface area (Å²) in [5.41, 5.74) is 0. The van der Waals surface area contributed by atoms with Gasteiger partial charge in [-0.25, -0.2) is 0 Å². The Morgan fingerprint density at radius 3 is 2.62 bits per heavy atom. The predicted octanol–water partition coefficient (Wildman–Crippen LogP) is 0.843. The van der Waals surface area contributed by atoms with E-state index < -0.39 is 6.10 Å². The highest BCUT2D eigenvalue weighted by Crippen LogP contribution is 1.99. The lowest BCUT2D eigenvalue weighted by molar-refractivity contribution is 0.292. The molecule has 0 fully saturated rings. The van der Waals surface area contributed by atoms with Crippen molar-refractivity contribution in [2.24, 2.45) is 0 Å². The van der Waals surface area contributed by atoms with Crippen LogP contribution < -0.4 is 0 Å². The third-order valence-corrected chi connectivity index (χ3v) is 1.33. The SMILES string of the molecule is OC1C=CC=CC1=S. The molecule has 0 radical (unpaired) electrons. The van der Waals surface area contributed by atoms with Gasteiger partial charge in [0.15, 0.2) is 0 Å². The van der Waals surface area contributed by atoms with Gasteiger partial charge in [0.1, 0.15) is 6.10 Å². The Kier molecular flexibility index (Phi) is 1.56. The Labute approximate surface area is 53.3 Å². The van der Waals surface area contributed by atoms with E-state index in [-0.39, 0.29) is 0 Å². The van der Waals surface area contributed by atoms with Crippen molar-refractivity contribution in [3.05, 3.63) is 24.3 Å². The molecule has 0 bridgehead atoms. The zero-order valence-corrected chi connectivity index (χ0v) is 5.06. The van der Waals surface area contributed by atoms with Gasteiger partial charge in [-0.05, 0) is 6.08 Å². The number of aliphatic hydroxyl groups is 1. The van der Waals surface area contributed by atoms with Crippen LogP contribution in [0.2, 0.25) is 0 Å².